The second-order valence-corrected chi connectivity index (χ2v) is 8.31. The summed E-state index contributed by atoms with van der Waals surface area (Å²) in [7, 11) is 0. The normalized spacial score (nSPS) is 21.7. The number of carbonyl (C=O) groups is 1. The van der Waals surface area contributed by atoms with E-state index in [9.17, 15) is 4.79 Å². The van der Waals surface area contributed by atoms with E-state index in [0.29, 0.717) is 11.7 Å². The van der Waals surface area contributed by atoms with E-state index in [2.05, 4.69) is 60.7 Å². The van der Waals surface area contributed by atoms with Crippen molar-refractivity contribution < 1.29 is 14.3 Å². The Bertz CT molecular complexity index is 1020. The molecule has 0 N–H and O–H groups in total. The largest absolute Gasteiger partial charge is 0.482 e. The molecule has 3 aromatic rings. The Morgan fingerprint density at radius 1 is 0.774 bits per heavy atom. The first-order valence-electron chi connectivity index (χ1n) is 11.0. The molecule has 5 rings (SSSR count). The summed E-state index contributed by atoms with van der Waals surface area (Å²) in [5.41, 5.74) is 5.24. The number of fused-ring (bicyclic) bond motifs is 2. The number of esters is 1. The van der Waals surface area contributed by atoms with Crippen LogP contribution in [0.4, 0.5) is 0 Å². The van der Waals surface area contributed by atoms with Crippen molar-refractivity contribution in [3.63, 3.8) is 0 Å². The second kappa shape index (κ2) is 8.81. The maximum absolute atomic E-state index is 12.5. The Morgan fingerprint density at radius 2 is 1.35 bits per heavy atom. The van der Waals surface area contributed by atoms with Crippen LogP contribution >= 0.6 is 0 Å². The lowest BCUT2D eigenvalue weighted by molar-refractivity contribution is -0.153. The predicted octanol–water partition coefficient (Wildman–Crippen LogP) is 5.91. The zero-order valence-corrected chi connectivity index (χ0v) is 17.4. The van der Waals surface area contributed by atoms with Crippen molar-refractivity contribution in [1.82, 2.24) is 0 Å². The Hall–Kier alpha value is -3.33. The fraction of sp³-hybridized carbons (Fsp3) is 0.250. The number of hydrogen-bond acceptors (Lipinski definition) is 3. The summed E-state index contributed by atoms with van der Waals surface area (Å²) in [6.07, 6.45) is 3.07. The summed E-state index contributed by atoms with van der Waals surface area (Å²) in [5.74, 6) is 1.14. The van der Waals surface area contributed by atoms with Gasteiger partial charge in [0, 0.05) is 5.92 Å². The first-order chi connectivity index (χ1) is 15.3. The van der Waals surface area contributed by atoms with Gasteiger partial charge in [-0.25, -0.2) is 4.79 Å². The van der Waals surface area contributed by atoms with Crippen molar-refractivity contribution >= 4 is 11.5 Å². The molecule has 0 saturated heterocycles. The minimum atomic E-state index is -0.290. The van der Waals surface area contributed by atoms with Crippen LogP contribution in [0.25, 0.3) is 5.57 Å². The fourth-order valence-electron chi connectivity index (χ4n) is 5.16. The lowest BCUT2D eigenvalue weighted by Gasteiger charge is -2.22. The third-order valence-corrected chi connectivity index (χ3v) is 6.43. The van der Waals surface area contributed by atoms with Crippen LogP contribution in [0, 0.1) is 11.8 Å². The van der Waals surface area contributed by atoms with Gasteiger partial charge in [0.1, 0.15) is 11.9 Å². The van der Waals surface area contributed by atoms with E-state index in [4.69, 9.17) is 9.47 Å². The minimum Gasteiger partial charge on any atom is -0.482 e. The van der Waals surface area contributed by atoms with Crippen LogP contribution in [0.3, 0.4) is 0 Å². The highest BCUT2D eigenvalue weighted by atomic mass is 16.6. The average molecular weight is 411 g/mol. The summed E-state index contributed by atoms with van der Waals surface area (Å²) >= 11 is 0. The first-order valence-corrected chi connectivity index (χ1v) is 11.0. The SMILES string of the molecule is O=C(COc1ccccc1)O[C@@H]1C[C@@H]2CC[C@H]1C2=C(c1ccccc1)c1ccccc1. The first kappa shape index (κ1) is 19.6. The maximum atomic E-state index is 12.5. The molecule has 3 atom stereocenters. The van der Waals surface area contributed by atoms with Crippen molar-refractivity contribution in [1.29, 1.82) is 0 Å². The van der Waals surface area contributed by atoms with Crippen molar-refractivity contribution in [2.24, 2.45) is 11.8 Å². The smallest absolute Gasteiger partial charge is 0.344 e. The Balaban J connectivity index is 1.38. The molecule has 0 radical (unpaired) electrons. The highest BCUT2D eigenvalue weighted by molar-refractivity contribution is 5.83. The van der Waals surface area contributed by atoms with Crippen molar-refractivity contribution in [3.05, 3.63) is 108 Å². The van der Waals surface area contributed by atoms with E-state index in [1.807, 2.05) is 30.3 Å². The average Bonchev–Trinajstić information content (AvgIpc) is 3.37. The molecule has 2 aliphatic carbocycles. The van der Waals surface area contributed by atoms with Gasteiger partial charge in [-0.05, 0) is 54.0 Å². The molecule has 2 fully saturated rings. The molecule has 0 amide bonds. The third-order valence-electron chi connectivity index (χ3n) is 6.43. The monoisotopic (exact) mass is 410 g/mol. The highest BCUT2D eigenvalue weighted by Crippen LogP contribution is 2.54. The molecular weight excluding hydrogens is 384 g/mol. The van der Waals surface area contributed by atoms with E-state index in [1.165, 1.54) is 22.3 Å². The third kappa shape index (κ3) is 4.13. The number of benzene rings is 3. The molecule has 3 nitrogen and oxygen atoms in total. The summed E-state index contributed by atoms with van der Waals surface area (Å²) in [4.78, 5) is 12.5. The topological polar surface area (TPSA) is 35.5 Å². The Morgan fingerprint density at radius 3 is 1.97 bits per heavy atom. The quantitative estimate of drug-likeness (QED) is 0.474. The number of ether oxygens (including phenoxy) is 2. The van der Waals surface area contributed by atoms with Gasteiger partial charge in [-0.2, -0.15) is 0 Å². The van der Waals surface area contributed by atoms with Gasteiger partial charge in [0.15, 0.2) is 6.61 Å². The molecule has 0 unspecified atom stereocenters. The molecule has 3 aromatic carbocycles. The van der Waals surface area contributed by atoms with E-state index in [0.717, 1.165) is 19.3 Å². The van der Waals surface area contributed by atoms with Crippen LogP contribution in [-0.2, 0) is 9.53 Å². The molecule has 31 heavy (non-hydrogen) atoms. The number of carbonyl (C=O) groups excluding carboxylic acids is 1. The molecule has 3 heteroatoms. The predicted molar refractivity (Wildman–Crippen MR) is 122 cm³/mol. The molecule has 0 spiro atoms. The maximum Gasteiger partial charge on any atom is 0.344 e. The Kier molecular flexibility index (Phi) is 5.57. The molecular formula is C28H26O3. The van der Waals surface area contributed by atoms with Crippen LogP contribution in [0.5, 0.6) is 5.75 Å². The lowest BCUT2D eigenvalue weighted by Crippen LogP contribution is -2.27. The van der Waals surface area contributed by atoms with Gasteiger partial charge < -0.3 is 9.47 Å². The zero-order valence-electron chi connectivity index (χ0n) is 17.4. The van der Waals surface area contributed by atoms with Crippen LogP contribution in [-0.4, -0.2) is 18.7 Å². The van der Waals surface area contributed by atoms with Gasteiger partial charge in [-0.1, -0.05) is 84.4 Å². The van der Waals surface area contributed by atoms with Crippen LogP contribution in [0.1, 0.15) is 30.4 Å². The van der Waals surface area contributed by atoms with Gasteiger partial charge >= 0.3 is 5.97 Å². The van der Waals surface area contributed by atoms with Gasteiger partial charge in [-0.15, -0.1) is 0 Å². The van der Waals surface area contributed by atoms with Crippen molar-refractivity contribution in [2.45, 2.75) is 25.4 Å². The summed E-state index contributed by atoms with van der Waals surface area (Å²) in [5, 5.41) is 0. The lowest BCUT2D eigenvalue weighted by atomic mass is 9.88. The fourth-order valence-corrected chi connectivity index (χ4v) is 5.16. The van der Waals surface area contributed by atoms with E-state index >= 15 is 0 Å². The number of rotatable bonds is 6. The second-order valence-electron chi connectivity index (χ2n) is 8.31. The van der Waals surface area contributed by atoms with Crippen molar-refractivity contribution in [3.8, 4) is 5.75 Å². The van der Waals surface area contributed by atoms with Gasteiger partial charge in [0.2, 0.25) is 0 Å². The minimum absolute atomic E-state index is 0.0544. The van der Waals surface area contributed by atoms with Crippen LogP contribution in [0.2, 0.25) is 0 Å². The van der Waals surface area contributed by atoms with Crippen LogP contribution < -0.4 is 4.74 Å². The summed E-state index contributed by atoms with van der Waals surface area (Å²) in [6, 6.07) is 30.6. The van der Waals surface area contributed by atoms with Crippen molar-refractivity contribution in [2.75, 3.05) is 6.61 Å². The standard InChI is InChI=1S/C28H26O3/c29-26(19-30-23-14-8-3-9-15-23)31-25-18-22-16-17-24(25)28(22)27(20-10-4-1-5-11-20)21-12-6-2-7-13-21/h1-15,22,24-25H,16-19H2/t22-,24+,25+/m0/s1. The molecule has 0 heterocycles. The molecule has 0 aromatic heterocycles. The van der Waals surface area contributed by atoms with Gasteiger partial charge in [0.25, 0.3) is 0 Å². The van der Waals surface area contributed by atoms with Crippen LogP contribution in [0.15, 0.2) is 96.6 Å². The van der Waals surface area contributed by atoms with Gasteiger partial charge in [0.05, 0.1) is 0 Å². The summed E-state index contributed by atoms with van der Waals surface area (Å²) < 4.78 is 11.5. The molecule has 2 bridgehead atoms. The Labute approximate surface area is 183 Å². The highest BCUT2D eigenvalue weighted by Gasteiger charge is 2.47. The molecule has 0 aliphatic heterocycles. The number of para-hydroxylation sites is 1. The molecule has 156 valence electrons. The van der Waals surface area contributed by atoms with E-state index < -0.39 is 0 Å². The van der Waals surface area contributed by atoms with E-state index in [-0.39, 0.29) is 24.6 Å². The molecule has 2 aliphatic rings. The zero-order chi connectivity index (χ0) is 21.0. The summed E-state index contributed by atoms with van der Waals surface area (Å²) in [6.45, 7) is -0.0544. The van der Waals surface area contributed by atoms with Gasteiger partial charge in [-0.3, -0.25) is 0 Å². The number of hydrogen-bond donors (Lipinski definition) is 0. The molecule has 2 saturated carbocycles. The van der Waals surface area contributed by atoms with E-state index in [1.54, 1.807) is 0 Å².